The lowest BCUT2D eigenvalue weighted by Crippen LogP contribution is -2.56. The summed E-state index contributed by atoms with van der Waals surface area (Å²) >= 11 is 0. The normalized spacial score (nSPS) is 16.6. The Labute approximate surface area is 172 Å². The van der Waals surface area contributed by atoms with E-state index in [-0.39, 0.29) is 36.2 Å². The Bertz CT molecular complexity index is 1330. The standard InChI is InChI=1S/C23H21N3O4/c1-24-21(28)18-12-19(27)26(16-9-5-10-16)22(29)20(18)25(23(24)30)13-15-8-4-7-14-6-2-3-11-17(14)15/h2-4,6-8,11,16H,5,9-10,12-13H2,1H3. The molecule has 5 rings (SSSR count). The number of nitrogens with zero attached hydrogens (tertiary/aromatic N) is 3. The summed E-state index contributed by atoms with van der Waals surface area (Å²) in [6.07, 6.45) is 2.35. The van der Waals surface area contributed by atoms with Crippen molar-refractivity contribution in [2.45, 2.75) is 38.3 Å². The fourth-order valence-electron chi connectivity index (χ4n) is 4.46. The van der Waals surface area contributed by atoms with E-state index >= 15 is 0 Å². The molecule has 3 aromatic rings. The van der Waals surface area contributed by atoms with Crippen LogP contribution in [0.25, 0.3) is 10.8 Å². The van der Waals surface area contributed by atoms with Crippen LogP contribution >= 0.6 is 0 Å². The van der Waals surface area contributed by atoms with Crippen molar-refractivity contribution in [3.8, 4) is 0 Å². The summed E-state index contributed by atoms with van der Waals surface area (Å²) in [6.45, 7) is 0.148. The van der Waals surface area contributed by atoms with Crippen molar-refractivity contribution in [1.29, 1.82) is 0 Å². The highest BCUT2D eigenvalue weighted by molar-refractivity contribution is 6.09. The third kappa shape index (κ3) is 2.65. The predicted molar refractivity (Wildman–Crippen MR) is 112 cm³/mol. The second-order valence-electron chi connectivity index (χ2n) is 8.03. The first-order chi connectivity index (χ1) is 14.5. The first kappa shape index (κ1) is 18.5. The van der Waals surface area contributed by atoms with E-state index in [0.717, 1.165) is 40.2 Å². The maximum absolute atomic E-state index is 13.3. The van der Waals surface area contributed by atoms with Crippen LogP contribution in [-0.4, -0.2) is 31.9 Å². The van der Waals surface area contributed by atoms with E-state index in [1.165, 1.54) is 16.5 Å². The minimum Gasteiger partial charge on any atom is -0.284 e. The van der Waals surface area contributed by atoms with E-state index in [4.69, 9.17) is 0 Å². The maximum atomic E-state index is 13.3. The highest BCUT2D eigenvalue weighted by atomic mass is 16.2. The Morgan fingerprint density at radius 2 is 1.70 bits per heavy atom. The molecule has 0 bridgehead atoms. The molecular formula is C23H21N3O4. The molecule has 0 radical (unpaired) electrons. The van der Waals surface area contributed by atoms with Gasteiger partial charge in [-0.3, -0.25) is 28.4 Å². The first-order valence-electron chi connectivity index (χ1n) is 10.1. The van der Waals surface area contributed by atoms with Gasteiger partial charge in [0.25, 0.3) is 11.5 Å². The predicted octanol–water partition coefficient (Wildman–Crippen LogP) is 1.83. The number of rotatable bonds is 3. The quantitative estimate of drug-likeness (QED) is 0.625. The molecule has 0 atom stereocenters. The minimum atomic E-state index is -0.570. The van der Waals surface area contributed by atoms with Gasteiger partial charge in [-0.15, -0.1) is 0 Å². The van der Waals surface area contributed by atoms with E-state index < -0.39 is 17.2 Å². The number of hydrogen-bond donors (Lipinski definition) is 0. The smallest absolute Gasteiger partial charge is 0.284 e. The zero-order valence-electron chi connectivity index (χ0n) is 16.6. The third-order valence-electron chi connectivity index (χ3n) is 6.30. The summed E-state index contributed by atoms with van der Waals surface area (Å²) < 4.78 is 2.35. The van der Waals surface area contributed by atoms with Crippen molar-refractivity contribution in [1.82, 2.24) is 14.0 Å². The number of amides is 2. The Balaban J connectivity index is 1.71. The monoisotopic (exact) mass is 403 g/mol. The van der Waals surface area contributed by atoms with Gasteiger partial charge in [0.05, 0.1) is 18.5 Å². The Hall–Kier alpha value is -3.48. The second kappa shape index (κ2) is 6.79. The zero-order valence-corrected chi connectivity index (χ0v) is 16.6. The maximum Gasteiger partial charge on any atom is 0.331 e. The molecule has 0 N–H and O–H groups in total. The summed E-state index contributed by atoms with van der Waals surface area (Å²) in [4.78, 5) is 53.1. The van der Waals surface area contributed by atoms with Crippen molar-refractivity contribution < 1.29 is 9.59 Å². The number of carbonyl (C=O) groups excluding carboxylic acids is 2. The van der Waals surface area contributed by atoms with Crippen LogP contribution in [0.4, 0.5) is 0 Å². The Morgan fingerprint density at radius 3 is 2.43 bits per heavy atom. The van der Waals surface area contributed by atoms with Crippen LogP contribution in [0.3, 0.4) is 0 Å². The third-order valence-corrected chi connectivity index (χ3v) is 6.30. The van der Waals surface area contributed by atoms with Crippen LogP contribution in [0.1, 0.15) is 40.9 Å². The highest BCUT2D eigenvalue weighted by Crippen LogP contribution is 2.30. The number of imide groups is 1. The summed E-state index contributed by atoms with van der Waals surface area (Å²) in [7, 11) is 1.39. The number of carbonyl (C=O) groups is 2. The van der Waals surface area contributed by atoms with Gasteiger partial charge in [-0.2, -0.15) is 0 Å². The topological polar surface area (TPSA) is 81.4 Å². The van der Waals surface area contributed by atoms with Crippen molar-refractivity contribution >= 4 is 22.6 Å². The average molecular weight is 403 g/mol. The number of hydrogen-bond acceptors (Lipinski definition) is 4. The summed E-state index contributed by atoms with van der Waals surface area (Å²) in [5.41, 5.74) is -0.0801. The van der Waals surface area contributed by atoms with Gasteiger partial charge in [-0.25, -0.2) is 4.79 Å². The van der Waals surface area contributed by atoms with Crippen molar-refractivity contribution in [2.24, 2.45) is 7.05 Å². The van der Waals surface area contributed by atoms with E-state index in [2.05, 4.69) is 0 Å². The SMILES string of the molecule is Cn1c(=O)c2c(n(Cc3cccc4ccccc34)c1=O)C(=O)N(C1CCC1)C(=O)C2. The fraction of sp³-hybridized carbons (Fsp3) is 0.304. The van der Waals surface area contributed by atoms with Gasteiger partial charge in [-0.05, 0) is 35.6 Å². The molecule has 30 heavy (non-hydrogen) atoms. The van der Waals surface area contributed by atoms with Gasteiger partial charge in [0.1, 0.15) is 5.69 Å². The molecule has 0 spiro atoms. The molecule has 1 aromatic heterocycles. The molecule has 1 saturated carbocycles. The van der Waals surface area contributed by atoms with Crippen LogP contribution in [-0.2, 0) is 24.8 Å². The molecule has 0 saturated heterocycles. The van der Waals surface area contributed by atoms with Gasteiger partial charge >= 0.3 is 5.69 Å². The number of benzene rings is 2. The molecule has 1 aliphatic carbocycles. The molecule has 2 aliphatic rings. The van der Waals surface area contributed by atoms with Crippen molar-refractivity contribution in [3.63, 3.8) is 0 Å². The first-order valence-corrected chi connectivity index (χ1v) is 10.1. The average Bonchev–Trinajstić information content (AvgIpc) is 2.71. The second-order valence-corrected chi connectivity index (χ2v) is 8.03. The van der Waals surface area contributed by atoms with Crippen LogP contribution in [0.15, 0.2) is 52.1 Å². The molecule has 2 amide bonds. The lowest BCUT2D eigenvalue weighted by molar-refractivity contribution is -0.131. The van der Waals surface area contributed by atoms with E-state index in [1.54, 1.807) is 0 Å². The Morgan fingerprint density at radius 1 is 0.967 bits per heavy atom. The zero-order chi connectivity index (χ0) is 21.0. The van der Waals surface area contributed by atoms with E-state index in [9.17, 15) is 19.2 Å². The minimum absolute atomic E-state index is 0.0579. The molecule has 7 nitrogen and oxygen atoms in total. The molecule has 152 valence electrons. The van der Waals surface area contributed by atoms with Gasteiger partial charge in [0, 0.05) is 13.1 Å². The fourth-order valence-corrected chi connectivity index (χ4v) is 4.46. The largest absolute Gasteiger partial charge is 0.331 e. The summed E-state index contributed by atoms with van der Waals surface area (Å²) in [5, 5.41) is 2.00. The van der Waals surface area contributed by atoms with Crippen LogP contribution in [0.5, 0.6) is 0 Å². The molecule has 2 heterocycles. The van der Waals surface area contributed by atoms with E-state index in [1.807, 2.05) is 42.5 Å². The van der Waals surface area contributed by atoms with E-state index in [0.29, 0.717) is 0 Å². The lowest BCUT2D eigenvalue weighted by Gasteiger charge is -2.38. The van der Waals surface area contributed by atoms with Crippen molar-refractivity contribution in [3.05, 3.63) is 80.1 Å². The number of aromatic nitrogens is 2. The number of fused-ring (bicyclic) bond motifs is 2. The Kier molecular flexibility index (Phi) is 4.20. The highest BCUT2D eigenvalue weighted by Gasteiger charge is 2.41. The van der Waals surface area contributed by atoms with Crippen LogP contribution in [0.2, 0.25) is 0 Å². The van der Waals surface area contributed by atoms with Crippen molar-refractivity contribution in [2.75, 3.05) is 0 Å². The van der Waals surface area contributed by atoms with Gasteiger partial charge in [0.2, 0.25) is 5.91 Å². The van der Waals surface area contributed by atoms with Gasteiger partial charge in [-0.1, -0.05) is 42.5 Å². The van der Waals surface area contributed by atoms with Crippen LogP contribution < -0.4 is 11.2 Å². The molecule has 0 unspecified atom stereocenters. The molecule has 7 heteroatoms. The summed E-state index contributed by atoms with van der Waals surface area (Å²) in [5.74, 6) is -0.884. The molecule has 1 aliphatic heterocycles. The molecule has 2 aromatic carbocycles. The van der Waals surface area contributed by atoms with Gasteiger partial charge < -0.3 is 0 Å². The van der Waals surface area contributed by atoms with Crippen LogP contribution in [0, 0.1) is 0 Å². The van der Waals surface area contributed by atoms with Gasteiger partial charge in [0.15, 0.2) is 0 Å². The lowest BCUT2D eigenvalue weighted by atomic mass is 9.89. The summed E-state index contributed by atoms with van der Waals surface area (Å²) in [6, 6.07) is 13.5. The molecule has 1 fully saturated rings. The molecular weight excluding hydrogens is 382 g/mol.